The summed E-state index contributed by atoms with van der Waals surface area (Å²) in [4.78, 5) is 0. The van der Waals surface area contributed by atoms with Gasteiger partial charge in [-0.25, -0.2) is 0 Å². The van der Waals surface area contributed by atoms with Crippen LogP contribution in [0.25, 0.3) is 0 Å². The van der Waals surface area contributed by atoms with Crippen LogP contribution in [0.15, 0.2) is 12.1 Å². The predicted molar refractivity (Wildman–Crippen MR) is 65.2 cm³/mol. The van der Waals surface area contributed by atoms with E-state index in [1.54, 1.807) is 0 Å². The highest BCUT2D eigenvalue weighted by Crippen LogP contribution is 2.30. The summed E-state index contributed by atoms with van der Waals surface area (Å²) in [5.41, 5.74) is 12.2. The molecule has 0 radical (unpaired) electrons. The van der Waals surface area contributed by atoms with Gasteiger partial charge < -0.3 is 5.73 Å². The Bertz CT molecular complexity index is 342. The molecule has 1 nitrogen and oxygen atoms in total. The van der Waals surface area contributed by atoms with Crippen molar-refractivity contribution < 1.29 is 0 Å². The number of aryl methyl sites for hydroxylation is 2. The molecule has 0 spiro atoms. The van der Waals surface area contributed by atoms with Crippen LogP contribution in [0.2, 0.25) is 0 Å². The van der Waals surface area contributed by atoms with Crippen molar-refractivity contribution in [3.05, 3.63) is 34.4 Å². The van der Waals surface area contributed by atoms with E-state index in [9.17, 15) is 0 Å². The van der Waals surface area contributed by atoms with Crippen molar-refractivity contribution in [2.45, 2.75) is 52.0 Å². The Hall–Kier alpha value is -0.820. The van der Waals surface area contributed by atoms with Crippen LogP contribution >= 0.6 is 0 Å². The summed E-state index contributed by atoms with van der Waals surface area (Å²) in [5, 5.41) is 0. The fraction of sp³-hybridized carbons (Fsp3) is 0.571. The molecule has 1 heteroatoms. The minimum Gasteiger partial charge on any atom is -0.325 e. The van der Waals surface area contributed by atoms with Gasteiger partial charge in [-0.2, -0.15) is 0 Å². The molecule has 2 rings (SSSR count). The molecule has 0 heterocycles. The third-order valence-electron chi connectivity index (χ3n) is 3.47. The smallest absolute Gasteiger partial charge is 0.0207 e. The number of hydrogen-bond acceptors (Lipinski definition) is 1. The Kier molecular flexibility index (Phi) is 2.59. The fourth-order valence-corrected chi connectivity index (χ4v) is 2.71. The van der Waals surface area contributed by atoms with Crippen molar-refractivity contribution in [2.75, 3.05) is 0 Å². The molecule has 0 aliphatic heterocycles. The minimum absolute atomic E-state index is 0.0142. The van der Waals surface area contributed by atoms with Crippen molar-refractivity contribution in [3.63, 3.8) is 0 Å². The number of benzene rings is 1. The summed E-state index contributed by atoms with van der Waals surface area (Å²) in [5.74, 6) is 0. The third kappa shape index (κ3) is 1.93. The molecule has 1 aromatic carbocycles. The lowest BCUT2D eigenvalue weighted by Crippen LogP contribution is -2.36. The van der Waals surface area contributed by atoms with E-state index in [0.29, 0.717) is 0 Å². The van der Waals surface area contributed by atoms with Gasteiger partial charge in [0, 0.05) is 5.54 Å². The Morgan fingerprint density at radius 3 is 1.80 bits per heavy atom. The maximum absolute atomic E-state index is 6.21. The van der Waals surface area contributed by atoms with E-state index in [-0.39, 0.29) is 5.54 Å². The molecule has 0 aromatic heterocycles. The highest BCUT2D eigenvalue weighted by molar-refractivity contribution is 5.43. The first kappa shape index (κ1) is 10.7. The van der Waals surface area contributed by atoms with Gasteiger partial charge >= 0.3 is 0 Å². The molecule has 2 N–H and O–H groups in total. The largest absolute Gasteiger partial charge is 0.325 e. The zero-order valence-electron chi connectivity index (χ0n) is 10.1. The van der Waals surface area contributed by atoms with Gasteiger partial charge in [-0.1, -0.05) is 26.0 Å². The van der Waals surface area contributed by atoms with Crippen molar-refractivity contribution >= 4 is 0 Å². The van der Waals surface area contributed by atoms with Crippen molar-refractivity contribution in [1.82, 2.24) is 0 Å². The maximum atomic E-state index is 6.21. The topological polar surface area (TPSA) is 26.0 Å². The molecule has 0 saturated heterocycles. The monoisotopic (exact) mass is 203 g/mol. The lowest BCUT2D eigenvalue weighted by atomic mass is 9.97. The van der Waals surface area contributed by atoms with Gasteiger partial charge in [-0.15, -0.1) is 0 Å². The Labute approximate surface area is 92.7 Å². The zero-order valence-corrected chi connectivity index (χ0v) is 10.1. The second-order valence-electron chi connectivity index (χ2n) is 5.10. The van der Waals surface area contributed by atoms with E-state index in [1.807, 2.05) is 0 Å². The van der Waals surface area contributed by atoms with E-state index in [0.717, 1.165) is 25.7 Å². The molecule has 0 amide bonds. The van der Waals surface area contributed by atoms with Crippen molar-refractivity contribution in [1.29, 1.82) is 0 Å². The molecule has 82 valence electrons. The van der Waals surface area contributed by atoms with Gasteiger partial charge in [-0.05, 0) is 54.9 Å². The quantitative estimate of drug-likeness (QED) is 0.785. The first-order chi connectivity index (χ1) is 7.05. The number of hydrogen-bond donors (Lipinski definition) is 1. The Balaban J connectivity index is 2.44. The third-order valence-corrected chi connectivity index (χ3v) is 3.47. The second-order valence-corrected chi connectivity index (χ2v) is 5.10. The normalized spacial score (nSPS) is 17.9. The summed E-state index contributed by atoms with van der Waals surface area (Å²) in [6, 6.07) is 4.76. The molecule has 1 aromatic rings. The van der Waals surface area contributed by atoms with Crippen LogP contribution in [-0.4, -0.2) is 5.54 Å². The van der Waals surface area contributed by atoms with Crippen LogP contribution in [0.3, 0.4) is 0 Å². The van der Waals surface area contributed by atoms with Crippen LogP contribution in [0.1, 0.15) is 43.0 Å². The molecule has 0 unspecified atom stereocenters. The van der Waals surface area contributed by atoms with Gasteiger partial charge in [0.15, 0.2) is 0 Å². The van der Waals surface area contributed by atoms with Crippen LogP contribution in [0.5, 0.6) is 0 Å². The van der Waals surface area contributed by atoms with E-state index in [1.165, 1.54) is 22.3 Å². The van der Waals surface area contributed by atoms with Gasteiger partial charge in [0.2, 0.25) is 0 Å². The second kappa shape index (κ2) is 3.64. The molecule has 15 heavy (non-hydrogen) atoms. The van der Waals surface area contributed by atoms with Gasteiger partial charge in [0.1, 0.15) is 0 Å². The summed E-state index contributed by atoms with van der Waals surface area (Å²) in [7, 11) is 0. The molecule has 0 saturated carbocycles. The fourth-order valence-electron chi connectivity index (χ4n) is 2.71. The average Bonchev–Trinajstić information content (AvgIpc) is 2.48. The molecular weight excluding hydrogens is 182 g/mol. The number of fused-ring (bicyclic) bond motifs is 1. The molecule has 0 bridgehead atoms. The summed E-state index contributed by atoms with van der Waals surface area (Å²) in [6.07, 6.45) is 4.36. The lowest BCUT2D eigenvalue weighted by Gasteiger charge is -2.15. The Morgan fingerprint density at radius 1 is 1.07 bits per heavy atom. The Morgan fingerprint density at radius 2 is 1.47 bits per heavy atom. The number of nitrogens with two attached hydrogens (primary N) is 1. The first-order valence-electron chi connectivity index (χ1n) is 5.98. The lowest BCUT2D eigenvalue weighted by molar-refractivity contribution is 0.499. The molecule has 1 aliphatic carbocycles. The van der Waals surface area contributed by atoms with Gasteiger partial charge in [-0.3, -0.25) is 0 Å². The molecule has 1 aliphatic rings. The average molecular weight is 203 g/mol. The first-order valence-corrected chi connectivity index (χ1v) is 5.98. The van der Waals surface area contributed by atoms with Gasteiger partial charge in [0.25, 0.3) is 0 Å². The van der Waals surface area contributed by atoms with E-state index < -0.39 is 0 Å². The molecule has 0 fully saturated rings. The predicted octanol–water partition coefficient (Wildman–Crippen LogP) is 2.63. The van der Waals surface area contributed by atoms with Crippen molar-refractivity contribution in [2.24, 2.45) is 5.73 Å². The minimum atomic E-state index is -0.0142. The summed E-state index contributed by atoms with van der Waals surface area (Å²) < 4.78 is 0. The standard InChI is InChI=1S/C14H21N/c1-4-10-6-12-8-14(3,15)9-13(12)7-11(10)5-2/h6-7H,4-5,8-9,15H2,1-3H3. The van der Waals surface area contributed by atoms with Crippen LogP contribution in [0.4, 0.5) is 0 Å². The van der Waals surface area contributed by atoms with E-state index >= 15 is 0 Å². The van der Waals surface area contributed by atoms with Gasteiger partial charge in [0.05, 0.1) is 0 Å². The highest BCUT2D eigenvalue weighted by Gasteiger charge is 2.29. The van der Waals surface area contributed by atoms with Crippen LogP contribution < -0.4 is 5.73 Å². The zero-order chi connectivity index (χ0) is 11.1. The summed E-state index contributed by atoms with van der Waals surface area (Å²) >= 11 is 0. The maximum Gasteiger partial charge on any atom is 0.0207 e. The highest BCUT2D eigenvalue weighted by atomic mass is 14.7. The number of rotatable bonds is 2. The molecular formula is C14H21N. The summed E-state index contributed by atoms with van der Waals surface area (Å²) in [6.45, 7) is 6.62. The van der Waals surface area contributed by atoms with Crippen LogP contribution in [-0.2, 0) is 25.7 Å². The van der Waals surface area contributed by atoms with E-state index in [2.05, 4.69) is 32.9 Å². The molecule has 0 atom stereocenters. The van der Waals surface area contributed by atoms with E-state index in [4.69, 9.17) is 5.73 Å². The SMILES string of the molecule is CCc1cc2c(cc1CC)CC(C)(N)C2. The van der Waals surface area contributed by atoms with Crippen molar-refractivity contribution in [3.8, 4) is 0 Å². The van der Waals surface area contributed by atoms with Crippen LogP contribution in [0, 0.1) is 0 Å².